The summed E-state index contributed by atoms with van der Waals surface area (Å²) >= 11 is 0. The summed E-state index contributed by atoms with van der Waals surface area (Å²) in [5, 5.41) is 11.1. The third-order valence-corrected chi connectivity index (χ3v) is 4.64. The van der Waals surface area contributed by atoms with E-state index in [0.717, 1.165) is 19.3 Å². The van der Waals surface area contributed by atoms with E-state index in [0.29, 0.717) is 12.8 Å². The van der Waals surface area contributed by atoms with Gasteiger partial charge in [0.05, 0.1) is 26.2 Å². The molecule has 1 rings (SSSR count). The number of ketones is 1. The van der Waals surface area contributed by atoms with Crippen molar-refractivity contribution < 1.29 is 38.5 Å². The van der Waals surface area contributed by atoms with Crippen molar-refractivity contribution in [3.8, 4) is 0 Å². The third-order valence-electron chi connectivity index (χ3n) is 4.64. The van der Waals surface area contributed by atoms with Gasteiger partial charge in [-0.05, 0) is 33.6 Å². The van der Waals surface area contributed by atoms with Crippen LogP contribution in [0.4, 0.5) is 0 Å². The Kier molecular flexibility index (Phi) is 9.41. The second-order valence-electron chi connectivity index (χ2n) is 6.55. The van der Waals surface area contributed by atoms with Gasteiger partial charge in [0.15, 0.2) is 17.3 Å². The van der Waals surface area contributed by atoms with E-state index >= 15 is 0 Å². The highest BCUT2D eigenvalue weighted by Gasteiger charge is 2.56. The Labute approximate surface area is 159 Å². The predicted molar refractivity (Wildman–Crippen MR) is 94.5 cm³/mol. The van der Waals surface area contributed by atoms with Crippen LogP contribution in [0.2, 0.25) is 0 Å². The molecule has 1 saturated carbocycles. The van der Waals surface area contributed by atoms with Crippen LogP contribution < -0.4 is 0 Å². The Morgan fingerprint density at radius 2 is 1.48 bits per heavy atom. The minimum absolute atomic E-state index is 0.0262. The van der Waals surface area contributed by atoms with Crippen molar-refractivity contribution in [3.05, 3.63) is 0 Å². The Bertz CT molecular complexity index is 538. The van der Waals surface area contributed by atoms with Gasteiger partial charge in [-0.15, -0.1) is 0 Å². The lowest BCUT2D eigenvalue weighted by molar-refractivity contribution is -0.188. The van der Waals surface area contributed by atoms with Crippen molar-refractivity contribution in [2.24, 2.45) is 11.8 Å². The second kappa shape index (κ2) is 11.0. The zero-order chi connectivity index (χ0) is 20.4. The molecule has 0 saturated heterocycles. The lowest BCUT2D eigenvalue weighted by Crippen LogP contribution is -2.56. The SMILES string of the molecule is CCOC(=O)CC(O)(C(=O)OCC)C(C(=O)OCC)C(=O)C1CCCCC1. The predicted octanol–water partition coefficient (Wildman–Crippen LogP) is 1.56. The summed E-state index contributed by atoms with van der Waals surface area (Å²) in [5.41, 5.74) is -2.66. The second-order valence-corrected chi connectivity index (χ2v) is 6.55. The summed E-state index contributed by atoms with van der Waals surface area (Å²) in [5.74, 6) is -6.04. The highest BCUT2D eigenvalue weighted by molar-refractivity contribution is 6.07. The molecule has 1 fully saturated rings. The fraction of sp³-hybridized carbons (Fsp3) is 0.789. The number of hydrogen-bond acceptors (Lipinski definition) is 8. The molecule has 8 heteroatoms. The molecule has 0 heterocycles. The zero-order valence-corrected chi connectivity index (χ0v) is 16.3. The number of carbonyl (C=O) groups is 4. The van der Waals surface area contributed by atoms with E-state index in [1.54, 1.807) is 13.8 Å². The number of esters is 3. The first-order valence-corrected chi connectivity index (χ1v) is 9.57. The first-order chi connectivity index (χ1) is 12.8. The standard InChI is InChI=1S/C19H30O8/c1-4-25-14(20)12-19(24,18(23)27-6-3)15(17(22)26-5-2)16(21)13-10-8-7-9-11-13/h13,15,24H,4-12H2,1-3H3. The number of carbonyl (C=O) groups excluding carboxylic acids is 4. The van der Waals surface area contributed by atoms with E-state index < -0.39 is 47.5 Å². The highest BCUT2D eigenvalue weighted by atomic mass is 16.6. The Balaban J connectivity index is 3.29. The van der Waals surface area contributed by atoms with Crippen LogP contribution in [0.5, 0.6) is 0 Å². The normalized spacial score (nSPS) is 18.1. The third kappa shape index (κ3) is 6.02. The number of hydrogen-bond donors (Lipinski definition) is 1. The average molecular weight is 386 g/mol. The molecule has 27 heavy (non-hydrogen) atoms. The van der Waals surface area contributed by atoms with Crippen LogP contribution in [0.1, 0.15) is 59.3 Å². The van der Waals surface area contributed by atoms with Gasteiger partial charge in [-0.3, -0.25) is 14.4 Å². The molecular formula is C19H30O8. The maximum absolute atomic E-state index is 13.1. The van der Waals surface area contributed by atoms with Gasteiger partial charge in [-0.25, -0.2) is 4.79 Å². The summed E-state index contributed by atoms with van der Waals surface area (Å²) in [6.07, 6.45) is 2.89. The molecule has 2 unspecified atom stereocenters. The summed E-state index contributed by atoms with van der Waals surface area (Å²) in [6, 6.07) is 0. The zero-order valence-electron chi connectivity index (χ0n) is 16.3. The van der Waals surface area contributed by atoms with Gasteiger partial charge in [0.25, 0.3) is 0 Å². The van der Waals surface area contributed by atoms with Crippen LogP contribution in [-0.2, 0) is 33.4 Å². The number of Topliss-reactive ketones (excluding diaryl/α,β-unsaturated/α-hetero) is 1. The summed E-state index contributed by atoms with van der Waals surface area (Å²) in [6.45, 7) is 4.54. The van der Waals surface area contributed by atoms with Crippen LogP contribution >= 0.6 is 0 Å². The van der Waals surface area contributed by atoms with E-state index in [4.69, 9.17) is 14.2 Å². The smallest absolute Gasteiger partial charge is 0.340 e. The van der Waals surface area contributed by atoms with Gasteiger partial charge >= 0.3 is 17.9 Å². The first kappa shape index (κ1) is 23.1. The lowest BCUT2D eigenvalue weighted by atomic mass is 9.74. The van der Waals surface area contributed by atoms with E-state index in [1.807, 2.05) is 0 Å². The van der Waals surface area contributed by atoms with Crippen molar-refractivity contribution >= 4 is 23.7 Å². The van der Waals surface area contributed by atoms with Crippen LogP contribution in [0, 0.1) is 11.8 Å². The van der Waals surface area contributed by atoms with Crippen molar-refractivity contribution in [1.29, 1.82) is 0 Å². The van der Waals surface area contributed by atoms with Crippen LogP contribution in [0.3, 0.4) is 0 Å². The Morgan fingerprint density at radius 1 is 0.926 bits per heavy atom. The lowest BCUT2D eigenvalue weighted by Gasteiger charge is -2.33. The van der Waals surface area contributed by atoms with Crippen LogP contribution in [0.25, 0.3) is 0 Å². The fourth-order valence-corrected chi connectivity index (χ4v) is 3.38. The molecule has 0 aromatic carbocycles. The van der Waals surface area contributed by atoms with E-state index in [2.05, 4.69) is 0 Å². The summed E-state index contributed by atoms with van der Waals surface area (Å²) in [4.78, 5) is 50.1. The molecule has 0 aromatic heterocycles. The molecule has 2 atom stereocenters. The monoisotopic (exact) mass is 386 g/mol. The molecule has 0 radical (unpaired) electrons. The van der Waals surface area contributed by atoms with E-state index in [-0.39, 0.29) is 19.8 Å². The molecule has 1 N–H and O–H groups in total. The Hall–Kier alpha value is -1.96. The van der Waals surface area contributed by atoms with Gasteiger partial charge in [0.1, 0.15) is 0 Å². The van der Waals surface area contributed by atoms with E-state index in [9.17, 15) is 24.3 Å². The molecular weight excluding hydrogens is 356 g/mol. The highest BCUT2D eigenvalue weighted by Crippen LogP contribution is 2.34. The van der Waals surface area contributed by atoms with Crippen molar-refractivity contribution in [3.63, 3.8) is 0 Å². The summed E-state index contributed by atoms with van der Waals surface area (Å²) in [7, 11) is 0. The molecule has 0 spiro atoms. The summed E-state index contributed by atoms with van der Waals surface area (Å²) < 4.78 is 14.6. The molecule has 0 amide bonds. The van der Waals surface area contributed by atoms with Crippen molar-refractivity contribution in [1.82, 2.24) is 0 Å². The minimum atomic E-state index is -2.66. The topological polar surface area (TPSA) is 116 Å². The number of aliphatic hydroxyl groups is 1. The fourth-order valence-electron chi connectivity index (χ4n) is 3.38. The van der Waals surface area contributed by atoms with Crippen molar-refractivity contribution in [2.45, 2.75) is 64.9 Å². The quantitative estimate of drug-likeness (QED) is 0.342. The number of ether oxygens (including phenoxy) is 3. The minimum Gasteiger partial charge on any atom is -0.466 e. The van der Waals surface area contributed by atoms with Crippen LogP contribution in [-0.4, -0.2) is 54.2 Å². The van der Waals surface area contributed by atoms with Crippen molar-refractivity contribution in [2.75, 3.05) is 19.8 Å². The van der Waals surface area contributed by atoms with Crippen LogP contribution in [0.15, 0.2) is 0 Å². The molecule has 1 aliphatic rings. The maximum atomic E-state index is 13.1. The molecule has 0 aromatic rings. The molecule has 0 bridgehead atoms. The molecule has 1 aliphatic carbocycles. The molecule has 154 valence electrons. The van der Waals surface area contributed by atoms with Gasteiger partial charge in [-0.1, -0.05) is 19.3 Å². The van der Waals surface area contributed by atoms with Gasteiger partial charge in [-0.2, -0.15) is 0 Å². The molecule has 8 nitrogen and oxygen atoms in total. The van der Waals surface area contributed by atoms with Gasteiger partial charge < -0.3 is 19.3 Å². The van der Waals surface area contributed by atoms with Gasteiger partial charge in [0, 0.05) is 5.92 Å². The maximum Gasteiger partial charge on any atom is 0.340 e. The largest absolute Gasteiger partial charge is 0.466 e. The molecule has 0 aliphatic heterocycles. The first-order valence-electron chi connectivity index (χ1n) is 9.57. The average Bonchev–Trinajstić information content (AvgIpc) is 2.63. The van der Waals surface area contributed by atoms with E-state index in [1.165, 1.54) is 6.92 Å². The van der Waals surface area contributed by atoms with Gasteiger partial charge in [0.2, 0.25) is 0 Å². The Morgan fingerprint density at radius 3 is 2.00 bits per heavy atom. The number of rotatable bonds is 10.